The lowest BCUT2D eigenvalue weighted by Gasteiger charge is -2.11. The summed E-state index contributed by atoms with van der Waals surface area (Å²) >= 11 is 0. The Morgan fingerprint density at radius 2 is 1.86 bits per heavy atom. The Labute approximate surface area is 123 Å². The molecule has 2 N–H and O–H groups in total. The lowest BCUT2D eigenvalue weighted by molar-refractivity contribution is -0.142. The minimum absolute atomic E-state index is 0.132. The van der Waals surface area contributed by atoms with Crippen molar-refractivity contribution in [3.63, 3.8) is 0 Å². The van der Waals surface area contributed by atoms with Crippen LogP contribution in [0, 0.1) is 0 Å². The van der Waals surface area contributed by atoms with Gasteiger partial charge in [0.05, 0.1) is 27.2 Å². The number of anilines is 1. The van der Waals surface area contributed by atoms with Crippen molar-refractivity contribution in [2.24, 2.45) is 0 Å². The lowest BCUT2D eigenvalue weighted by atomic mass is 10.3. The Bertz CT molecular complexity index is 490. The number of rotatable bonds is 7. The second-order valence-electron chi connectivity index (χ2n) is 4.01. The van der Waals surface area contributed by atoms with E-state index >= 15 is 0 Å². The molecule has 21 heavy (non-hydrogen) atoms. The molecule has 0 bridgehead atoms. The van der Waals surface area contributed by atoms with Gasteiger partial charge in [-0.2, -0.15) is 0 Å². The van der Waals surface area contributed by atoms with E-state index in [1.165, 1.54) is 14.2 Å². The Morgan fingerprint density at radius 1 is 1.14 bits per heavy atom. The summed E-state index contributed by atoms with van der Waals surface area (Å²) in [5.41, 5.74) is 0.557. The molecule has 0 unspecified atom stereocenters. The second kappa shape index (κ2) is 8.68. The van der Waals surface area contributed by atoms with Crippen molar-refractivity contribution in [2.75, 3.05) is 32.7 Å². The number of methoxy groups -OCH3 is 2. The Kier molecular flexibility index (Phi) is 6.86. The van der Waals surface area contributed by atoms with Crippen molar-refractivity contribution < 1.29 is 23.8 Å². The summed E-state index contributed by atoms with van der Waals surface area (Å²) in [5, 5.41) is 5.20. The van der Waals surface area contributed by atoms with Gasteiger partial charge in [-0.1, -0.05) is 0 Å². The van der Waals surface area contributed by atoms with E-state index in [2.05, 4.69) is 10.6 Å². The van der Waals surface area contributed by atoms with Crippen LogP contribution in [0.15, 0.2) is 18.2 Å². The molecule has 1 aromatic rings. The van der Waals surface area contributed by atoms with Crippen LogP contribution in [0.5, 0.6) is 11.5 Å². The van der Waals surface area contributed by atoms with Crippen molar-refractivity contribution in [1.82, 2.24) is 5.32 Å². The van der Waals surface area contributed by atoms with Gasteiger partial charge in [-0.3, -0.25) is 4.79 Å². The molecule has 1 rings (SSSR count). The highest BCUT2D eigenvalue weighted by molar-refractivity contribution is 5.89. The third kappa shape index (κ3) is 5.60. The van der Waals surface area contributed by atoms with Crippen LogP contribution in [0.4, 0.5) is 10.5 Å². The average Bonchev–Trinajstić information content (AvgIpc) is 2.47. The molecule has 116 valence electrons. The molecule has 0 aliphatic heterocycles. The van der Waals surface area contributed by atoms with Crippen LogP contribution >= 0.6 is 0 Å². The van der Waals surface area contributed by atoms with Crippen molar-refractivity contribution in [2.45, 2.75) is 13.3 Å². The highest BCUT2D eigenvalue weighted by atomic mass is 16.5. The van der Waals surface area contributed by atoms with Gasteiger partial charge in [0.2, 0.25) is 0 Å². The molecule has 0 saturated carbocycles. The van der Waals surface area contributed by atoms with Gasteiger partial charge in [0.1, 0.15) is 0 Å². The summed E-state index contributed by atoms with van der Waals surface area (Å²) in [4.78, 5) is 22.8. The zero-order valence-corrected chi connectivity index (χ0v) is 12.4. The molecule has 7 nitrogen and oxygen atoms in total. The van der Waals surface area contributed by atoms with Gasteiger partial charge in [-0.25, -0.2) is 4.79 Å². The predicted octanol–water partition coefficient (Wildman–Crippen LogP) is 1.78. The summed E-state index contributed by atoms with van der Waals surface area (Å²) in [5.74, 6) is 0.747. The van der Waals surface area contributed by atoms with Gasteiger partial charge < -0.3 is 24.8 Å². The van der Waals surface area contributed by atoms with Crippen LogP contribution < -0.4 is 20.1 Å². The van der Waals surface area contributed by atoms with E-state index in [0.29, 0.717) is 23.8 Å². The van der Waals surface area contributed by atoms with Gasteiger partial charge >= 0.3 is 12.0 Å². The Morgan fingerprint density at radius 3 is 2.48 bits per heavy atom. The molecule has 7 heteroatoms. The summed E-state index contributed by atoms with van der Waals surface area (Å²) in [7, 11) is 3.05. The zero-order valence-electron chi connectivity index (χ0n) is 12.4. The minimum Gasteiger partial charge on any atom is -0.493 e. The SMILES string of the molecule is CCOC(=O)CCNC(=O)Nc1ccc(OC)c(OC)c1. The fourth-order valence-corrected chi connectivity index (χ4v) is 1.60. The predicted molar refractivity (Wildman–Crippen MR) is 77.8 cm³/mol. The number of hydrogen-bond acceptors (Lipinski definition) is 5. The van der Waals surface area contributed by atoms with Crippen LogP contribution in [-0.4, -0.2) is 39.4 Å². The van der Waals surface area contributed by atoms with E-state index in [4.69, 9.17) is 14.2 Å². The fourth-order valence-electron chi connectivity index (χ4n) is 1.60. The monoisotopic (exact) mass is 296 g/mol. The van der Waals surface area contributed by atoms with Crippen LogP contribution in [0.1, 0.15) is 13.3 Å². The zero-order chi connectivity index (χ0) is 15.7. The van der Waals surface area contributed by atoms with E-state index in [1.807, 2.05) is 0 Å². The van der Waals surface area contributed by atoms with Crippen LogP contribution in [-0.2, 0) is 9.53 Å². The molecule has 0 radical (unpaired) electrons. The highest BCUT2D eigenvalue weighted by Gasteiger charge is 2.08. The van der Waals surface area contributed by atoms with Crippen LogP contribution in [0.2, 0.25) is 0 Å². The molecule has 2 amide bonds. The number of carbonyl (C=O) groups is 2. The molecule has 0 spiro atoms. The maximum Gasteiger partial charge on any atom is 0.319 e. The molecular formula is C14H20N2O5. The first kappa shape index (κ1) is 16.6. The summed E-state index contributed by atoms with van der Waals surface area (Å²) in [6.45, 7) is 2.27. The van der Waals surface area contributed by atoms with Crippen molar-refractivity contribution in [3.05, 3.63) is 18.2 Å². The molecule has 0 atom stereocenters. The molecule has 0 aliphatic carbocycles. The quantitative estimate of drug-likeness (QED) is 0.749. The smallest absolute Gasteiger partial charge is 0.319 e. The maximum absolute atomic E-state index is 11.7. The first-order chi connectivity index (χ1) is 10.1. The number of ether oxygens (including phenoxy) is 3. The van der Waals surface area contributed by atoms with Gasteiger partial charge in [-0.05, 0) is 19.1 Å². The van der Waals surface area contributed by atoms with Crippen molar-refractivity contribution >= 4 is 17.7 Å². The fraction of sp³-hybridized carbons (Fsp3) is 0.429. The number of hydrogen-bond donors (Lipinski definition) is 2. The summed E-state index contributed by atoms with van der Waals surface area (Å²) in [6, 6.07) is 4.61. The number of benzene rings is 1. The molecule has 0 fully saturated rings. The van der Waals surface area contributed by atoms with Crippen molar-refractivity contribution in [3.8, 4) is 11.5 Å². The number of urea groups is 1. The largest absolute Gasteiger partial charge is 0.493 e. The maximum atomic E-state index is 11.7. The van der Waals surface area contributed by atoms with Gasteiger partial charge in [0, 0.05) is 18.3 Å². The van der Waals surface area contributed by atoms with E-state index in [9.17, 15) is 9.59 Å². The molecule has 0 heterocycles. The normalized spacial score (nSPS) is 9.67. The number of carbonyl (C=O) groups excluding carboxylic acids is 2. The number of esters is 1. The first-order valence-corrected chi connectivity index (χ1v) is 6.53. The minimum atomic E-state index is -0.411. The van der Waals surface area contributed by atoms with Crippen LogP contribution in [0.25, 0.3) is 0 Å². The molecular weight excluding hydrogens is 276 g/mol. The van der Waals surface area contributed by atoms with Gasteiger partial charge in [0.15, 0.2) is 11.5 Å². The van der Waals surface area contributed by atoms with Gasteiger partial charge in [-0.15, -0.1) is 0 Å². The van der Waals surface area contributed by atoms with E-state index < -0.39 is 6.03 Å². The topological polar surface area (TPSA) is 85.9 Å². The third-order valence-corrected chi connectivity index (χ3v) is 2.56. The Hall–Kier alpha value is -2.44. The number of nitrogens with one attached hydrogen (secondary N) is 2. The highest BCUT2D eigenvalue weighted by Crippen LogP contribution is 2.29. The Balaban J connectivity index is 2.46. The standard InChI is InChI=1S/C14H20N2O5/c1-4-21-13(17)7-8-15-14(18)16-10-5-6-11(19-2)12(9-10)20-3/h5-6,9H,4,7-8H2,1-3H3,(H2,15,16,18). The van der Waals surface area contributed by atoms with Crippen molar-refractivity contribution in [1.29, 1.82) is 0 Å². The third-order valence-electron chi connectivity index (χ3n) is 2.56. The average molecular weight is 296 g/mol. The van der Waals surface area contributed by atoms with Crippen LogP contribution in [0.3, 0.4) is 0 Å². The van der Waals surface area contributed by atoms with E-state index in [1.54, 1.807) is 25.1 Å². The lowest BCUT2D eigenvalue weighted by Crippen LogP contribution is -2.30. The van der Waals surface area contributed by atoms with E-state index in [0.717, 1.165) is 0 Å². The molecule has 0 aromatic heterocycles. The molecule has 1 aromatic carbocycles. The summed E-state index contributed by atoms with van der Waals surface area (Å²) in [6.07, 6.45) is 0.132. The second-order valence-corrected chi connectivity index (χ2v) is 4.01. The molecule has 0 saturated heterocycles. The first-order valence-electron chi connectivity index (χ1n) is 6.53. The summed E-state index contributed by atoms with van der Waals surface area (Å²) < 4.78 is 15.0. The number of amides is 2. The molecule has 0 aliphatic rings. The van der Waals surface area contributed by atoms with Gasteiger partial charge in [0.25, 0.3) is 0 Å². The van der Waals surface area contributed by atoms with E-state index in [-0.39, 0.29) is 18.9 Å².